The standard InChI is InChI=1S/C11H10BrFN2O2/c1-17-6-9-10(12)11(16)15(14-9)8-4-2-3-7(13)5-8/h2-5,14H,6H2,1H3. The summed E-state index contributed by atoms with van der Waals surface area (Å²) in [5.41, 5.74) is 0.780. The molecule has 0 bridgehead atoms. The van der Waals surface area contributed by atoms with Gasteiger partial charge in [-0.1, -0.05) is 6.07 Å². The Kier molecular flexibility index (Phi) is 3.44. The summed E-state index contributed by atoms with van der Waals surface area (Å²) in [6.07, 6.45) is 0. The molecule has 0 fully saturated rings. The number of benzene rings is 1. The van der Waals surface area contributed by atoms with Crippen molar-refractivity contribution in [3.8, 4) is 5.69 Å². The summed E-state index contributed by atoms with van der Waals surface area (Å²) in [5, 5.41) is 2.86. The number of halogens is 2. The quantitative estimate of drug-likeness (QED) is 0.945. The molecule has 17 heavy (non-hydrogen) atoms. The summed E-state index contributed by atoms with van der Waals surface area (Å²) in [7, 11) is 1.53. The number of nitrogens with one attached hydrogen (secondary N) is 1. The van der Waals surface area contributed by atoms with Crippen LogP contribution in [-0.2, 0) is 11.3 Å². The van der Waals surface area contributed by atoms with Gasteiger partial charge in [-0.25, -0.2) is 9.07 Å². The van der Waals surface area contributed by atoms with Gasteiger partial charge in [-0.2, -0.15) is 0 Å². The maximum absolute atomic E-state index is 13.1. The molecule has 1 heterocycles. The number of rotatable bonds is 3. The van der Waals surface area contributed by atoms with Crippen LogP contribution in [0, 0.1) is 5.82 Å². The topological polar surface area (TPSA) is 47.0 Å². The molecule has 0 atom stereocenters. The van der Waals surface area contributed by atoms with Gasteiger partial charge >= 0.3 is 0 Å². The van der Waals surface area contributed by atoms with Crippen LogP contribution in [0.4, 0.5) is 4.39 Å². The molecule has 0 saturated carbocycles. The molecule has 1 aromatic heterocycles. The summed E-state index contributed by atoms with van der Waals surface area (Å²) >= 11 is 3.18. The van der Waals surface area contributed by atoms with E-state index in [1.165, 1.54) is 23.9 Å². The molecule has 6 heteroatoms. The van der Waals surface area contributed by atoms with Crippen LogP contribution in [0.5, 0.6) is 0 Å². The first-order valence-corrected chi connectivity index (χ1v) is 5.67. The second kappa shape index (κ2) is 4.85. The lowest BCUT2D eigenvalue weighted by Gasteiger charge is -2.01. The predicted octanol–water partition coefficient (Wildman–Crippen LogP) is 2.21. The van der Waals surface area contributed by atoms with Gasteiger partial charge in [0, 0.05) is 7.11 Å². The van der Waals surface area contributed by atoms with E-state index < -0.39 is 5.82 Å². The van der Waals surface area contributed by atoms with Crippen LogP contribution in [-0.4, -0.2) is 16.9 Å². The summed E-state index contributed by atoms with van der Waals surface area (Å²) in [6.45, 7) is 0.276. The van der Waals surface area contributed by atoms with Gasteiger partial charge in [0.15, 0.2) is 0 Å². The molecule has 0 amide bonds. The van der Waals surface area contributed by atoms with E-state index in [1.54, 1.807) is 12.1 Å². The molecule has 0 aliphatic heterocycles. The Morgan fingerprint density at radius 3 is 2.94 bits per heavy atom. The molecule has 0 aliphatic rings. The highest BCUT2D eigenvalue weighted by Gasteiger charge is 2.12. The van der Waals surface area contributed by atoms with E-state index in [0.29, 0.717) is 15.9 Å². The third-order valence-electron chi connectivity index (χ3n) is 2.26. The summed E-state index contributed by atoms with van der Waals surface area (Å²) in [5.74, 6) is -0.395. The first kappa shape index (κ1) is 12.1. The zero-order valence-corrected chi connectivity index (χ0v) is 10.6. The van der Waals surface area contributed by atoms with Crippen molar-refractivity contribution in [2.45, 2.75) is 6.61 Å². The molecule has 4 nitrogen and oxygen atoms in total. The lowest BCUT2D eigenvalue weighted by Crippen LogP contribution is -2.14. The average molecular weight is 301 g/mol. The number of H-pyrrole nitrogens is 1. The highest BCUT2D eigenvalue weighted by molar-refractivity contribution is 9.10. The van der Waals surface area contributed by atoms with Crippen LogP contribution < -0.4 is 5.56 Å². The van der Waals surface area contributed by atoms with E-state index >= 15 is 0 Å². The fourth-order valence-corrected chi connectivity index (χ4v) is 1.88. The minimum atomic E-state index is -0.395. The Balaban J connectivity index is 2.53. The zero-order valence-electron chi connectivity index (χ0n) is 9.04. The molecule has 1 aromatic carbocycles. The average Bonchev–Trinajstić information content (AvgIpc) is 2.58. The van der Waals surface area contributed by atoms with Crippen LogP contribution in [0.2, 0.25) is 0 Å². The SMILES string of the molecule is COCc1[nH]n(-c2cccc(F)c2)c(=O)c1Br. The minimum absolute atomic E-state index is 0.275. The molecule has 90 valence electrons. The van der Waals surface area contributed by atoms with Crippen LogP contribution in [0.15, 0.2) is 33.5 Å². The van der Waals surface area contributed by atoms with Crippen molar-refractivity contribution < 1.29 is 9.13 Å². The molecule has 1 N–H and O–H groups in total. The molecule has 0 spiro atoms. The number of ether oxygens (including phenoxy) is 1. The van der Waals surface area contributed by atoms with Crippen molar-refractivity contribution in [3.63, 3.8) is 0 Å². The fraction of sp³-hybridized carbons (Fsp3) is 0.182. The van der Waals surface area contributed by atoms with Crippen LogP contribution in [0.3, 0.4) is 0 Å². The van der Waals surface area contributed by atoms with Gasteiger partial charge in [-0.3, -0.25) is 9.89 Å². The number of hydrogen-bond donors (Lipinski definition) is 1. The van der Waals surface area contributed by atoms with E-state index in [0.717, 1.165) is 0 Å². The van der Waals surface area contributed by atoms with E-state index in [2.05, 4.69) is 21.0 Å². The largest absolute Gasteiger partial charge is 0.378 e. The van der Waals surface area contributed by atoms with Gasteiger partial charge in [0.1, 0.15) is 10.3 Å². The second-order valence-corrected chi connectivity index (χ2v) is 4.25. The maximum Gasteiger partial charge on any atom is 0.285 e. The number of aromatic nitrogens is 2. The Morgan fingerprint density at radius 2 is 2.29 bits per heavy atom. The van der Waals surface area contributed by atoms with Gasteiger partial charge in [-0.15, -0.1) is 0 Å². The van der Waals surface area contributed by atoms with Gasteiger partial charge in [0.25, 0.3) is 5.56 Å². The number of methoxy groups -OCH3 is 1. The van der Waals surface area contributed by atoms with E-state index in [9.17, 15) is 9.18 Å². The highest BCUT2D eigenvalue weighted by Crippen LogP contribution is 2.14. The van der Waals surface area contributed by atoms with Crippen molar-refractivity contribution in [1.29, 1.82) is 0 Å². The van der Waals surface area contributed by atoms with E-state index in [-0.39, 0.29) is 12.2 Å². The lowest BCUT2D eigenvalue weighted by atomic mass is 10.3. The highest BCUT2D eigenvalue weighted by atomic mass is 79.9. The van der Waals surface area contributed by atoms with Crippen LogP contribution in [0.1, 0.15) is 5.69 Å². The van der Waals surface area contributed by atoms with Crippen molar-refractivity contribution in [2.75, 3.05) is 7.11 Å². The smallest absolute Gasteiger partial charge is 0.285 e. The van der Waals surface area contributed by atoms with Gasteiger partial charge in [0.05, 0.1) is 18.0 Å². The summed E-state index contributed by atoms with van der Waals surface area (Å²) in [4.78, 5) is 11.9. The maximum atomic E-state index is 13.1. The first-order valence-electron chi connectivity index (χ1n) is 4.87. The molecule has 0 aliphatic carbocycles. The Morgan fingerprint density at radius 1 is 1.53 bits per heavy atom. The van der Waals surface area contributed by atoms with E-state index in [4.69, 9.17) is 4.74 Å². The van der Waals surface area contributed by atoms with Crippen LogP contribution in [0.25, 0.3) is 5.69 Å². The second-order valence-electron chi connectivity index (χ2n) is 3.46. The van der Waals surface area contributed by atoms with E-state index in [1.807, 2.05) is 0 Å². The van der Waals surface area contributed by atoms with Gasteiger partial charge in [0.2, 0.25) is 0 Å². The minimum Gasteiger partial charge on any atom is -0.378 e. The summed E-state index contributed by atoms with van der Waals surface area (Å²) < 4.78 is 19.7. The van der Waals surface area contributed by atoms with Crippen molar-refractivity contribution in [3.05, 3.63) is 50.6 Å². The molecular weight excluding hydrogens is 291 g/mol. The zero-order chi connectivity index (χ0) is 12.4. The van der Waals surface area contributed by atoms with Crippen molar-refractivity contribution in [2.24, 2.45) is 0 Å². The van der Waals surface area contributed by atoms with Gasteiger partial charge < -0.3 is 4.74 Å². The Bertz CT molecular complexity index is 591. The molecule has 0 unspecified atom stereocenters. The molecule has 2 aromatic rings. The number of aromatic amines is 1. The third-order valence-corrected chi connectivity index (χ3v) is 3.08. The molecule has 0 radical (unpaired) electrons. The van der Waals surface area contributed by atoms with Crippen molar-refractivity contribution in [1.82, 2.24) is 9.78 Å². The third kappa shape index (κ3) is 2.32. The monoisotopic (exact) mass is 300 g/mol. The van der Waals surface area contributed by atoms with Crippen LogP contribution >= 0.6 is 15.9 Å². The molecular formula is C11H10BrFN2O2. The molecule has 0 saturated heterocycles. The fourth-order valence-electron chi connectivity index (χ4n) is 1.50. The van der Waals surface area contributed by atoms with Gasteiger partial charge in [-0.05, 0) is 34.1 Å². The number of nitrogens with zero attached hydrogens (tertiary/aromatic N) is 1. The molecule has 2 rings (SSSR count). The van der Waals surface area contributed by atoms with Crippen molar-refractivity contribution >= 4 is 15.9 Å². The first-order chi connectivity index (χ1) is 8.13. The summed E-state index contributed by atoms with van der Waals surface area (Å²) in [6, 6.07) is 5.79. The lowest BCUT2D eigenvalue weighted by molar-refractivity contribution is 0.180. The predicted molar refractivity (Wildman–Crippen MR) is 64.8 cm³/mol. The Hall–Kier alpha value is -1.40. The number of hydrogen-bond acceptors (Lipinski definition) is 2. The normalized spacial score (nSPS) is 10.8. The Labute approximate surface area is 105 Å².